The van der Waals surface area contributed by atoms with Crippen molar-refractivity contribution in [3.63, 3.8) is 0 Å². The van der Waals surface area contributed by atoms with E-state index in [-0.39, 0.29) is 5.69 Å². The molecule has 0 fully saturated rings. The summed E-state index contributed by atoms with van der Waals surface area (Å²) in [6.07, 6.45) is 4.10. The van der Waals surface area contributed by atoms with Gasteiger partial charge >= 0.3 is 0 Å². The number of imidazole rings is 1. The van der Waals surface area contributed by atoms with E-state index < -0.39 is 4.92 Å². The summed E-state index contributed by atoms with van der Waals surface area (Å²) in [6.45, 7) is 0.581. The second-order valence-corrected chi connectivity index (χ2v) is 6.04. The Bertz CT molecular complexity index is 936. The fraction of sp³-hybridized carbons (Fsp3) is 0.111. The van der Waals surface area contributed by atoms with Crippen LogP contribution in [0.25, 0.3) is 0 Å². The summed E-state index contributed by atoms with van der Waals surface area (Å²) in [7, 11) is 0. The fourth-order valence-corrected chi connectivity index (χ4v) is 2.89. The molecule has 0 saturated heterocycles. The van der Waals surface area contributed by atoms with Crippen molar-refractivity contribution in [3.05, 3.63) is 93.6 Å². The first-order valence-electron chi connectivity index (χ1n) is 7.65. The summed E-state index contributed by atoms with van der Waals surface area (Å²) in [5.41, 5.74) is 8.56. The Kier molecular flexibility index (Phi) is 4.85. The van der Waals surface area contributed by atoms with Crippen LogP contribution in [0.15, 0.2) is 60.9 Å². The van der Waals surface area contributed by atoms with Crippen molar-refractivity contribution in [2.45, 2.75) is 13.0 Å². The molecule has 7 heteroatoms. The lowest BCUT2D eigenvalue weighted by molar-refractivity contribution is -0.384. The van der Waals surface area contributed by atoms with E-state index in [9.17, 15) is 10.1 Å². The Morgan fingerprint density at radius 2 is 2.04 bits per heavy atom. The van der Waals surface area contributed by atoms with Gasteiger partial charge < -0.3 is 10.3 Å². The normalized spacial score (nSPS) is 10.6. The molecule has 3 rings (SSSR count). The number of nitro benzene ring substituents is 1. The summed E-state index contributed by atoms with van der Waals surface area (Å²) in [4.78, 5) is 15.3. The van der Waals surface area contributed by atoms with Gasteiger partial charge in [0.1, 0.15) is 10.8 Å². The lowest BCUT2D eigenvalue weighted by atomic mass is 10.1. The van der Waals surface area contributed by atoms with Crippen molar-refractivity contribution >= 4 is 22.9 Å². The number of aromatic nitrogens is 2. The highest BCUT2D eigenvalue weighted by Gasteiger charge is 2.11. The quantitative estimate of drug-likeness (QED) is 0.418. The summed E-state index contributed by atoms with van der Waals surface area (Å²) >= 11 is 5.11. The first kappa shape index (κ1) is 16.8. The lowest BCUT2D eigenvalue weighted by Crippen LogP contribution is -2.14. The van der Waals surface area contributed by atoms with Crippen molar-refractivity contribution < 1.29 is 4.92 Å². The molecule has 25 heavy (non-hydrogen) atoms. The third-order valence-electron chi connectivity index (χ3n) is 3.91. The van der Waals surface area contributed by atoms with Crippen molar-refractivity contribution in [1.29, 1.82) is 0 Å². The zero-order valence-corrected chi connectivity index (χ0v) is 14.1. The van der Waals surface area contributed by atoms with Gasteiger partial charge in [-0.1, -0.05) is 48.6 Å². The molecule has 0 bridgehead atoms. The number of nitrogens with zero attached hydrogens (tertiary/aromatic N) is 3. The first-order chi connectivity index (χ1) is 12.0. The molecule has 0 aliphatic carbocycles. The van der Waals surface area contributed by atoms with Crippen LogP contribution in [-0.4, -0.2) is 19.5 Å². The minimum absolute atomic E-state index is 0.0782. The molecule has 0 spiro atoms. The van der Waals surface area contributed by atoms with Crippen LogP contribution in [0.4, 0.5) is 5.69 Å². The van der Waals surface area contributed by atoms with E-state index >= 15 is 0 Å². The van der Waals surface area contributed by atoms with Gasteiger partial charge in [0.2, 0.25) is 0 Å². The van der Waals surface area contributed by atoms with Gasteiger partial charge in [0.15, 0.2) is 0 Å². The number of nitrogens with two attached hydrogens (primary N) is 1. The zero-order valence-electron chi connectivity index (χ0n) is 13.3. The Balaban J connectivity index is 1.86. The van der Waals surface area contributed by atoms with Gasteiger partial charge in [0.25, 0.3) is 5.69 Å². The number of hydrogen-bond acceptors (Lipinski definition) is 4. The highest BCUT2D eigenvalue weighted by atomic mass is 32.1. The highest BCUT2D eigenvalue weighted by molar-refractivity contribution is 7.80. The summed E-state index contributed by atoms with van der Waals surface area (Å²) in [5, 5.41) is 10.9. The van der Waals surface area contributed by atoms with Crippen molar-refractivity contribution in [2.24, 2.45) is 5.73 Å². The Hall–Kier alpha value is -3.06. The van der Waals surface area contributed by atoms with E-state index in [2.05, 4.69) is 4.98 Å². The number of benzene rings is 2. The molecule has 6 nitrogen and oxygen atoms in total. The molecule has 126 valence electrons. The SMILES string of the molecule is NC(=S)c1ccccc1Cn1ccnc1Cc1cccc([N+](=O)[O-])c1. The number of non-ortho nitro benzene ring substituents is 1. The standard InChI is InChI=1S/C18H16N4O2S/c19-18(25)16-7-2-1-5-14(16)12-21-9-8-20-17(21)11-13-4-3-6-15(10-13)22(23)24/h1-10H,11-12H2,(H2,19,25). The summed E-state index contributed by atoms with van der Waals surface area (Å²) in [5.74, 6) is 0.818. The van der Waals surface area contributed by atoms with Gasteiger partial charge in [-0.05, 0) is 11.1 Å². The number of hydrogen-bond donors (Lipinski definition) is 1. The predicted molar refractivity (Wildman–Crippen MR) is 99.6 cm³/mol. The maximum Gasteiger partial charge on any atom is 0.269 e. The van der Waals surface area contributed by atoms with Gasteiger partial charge in [-0.25, -0.2) is 4.98 Å². The molecular weight excluding hydrogens is 336 g/mol. The predicted octanol–water partition coefficient (Wildman–Crippen LogP) is 3.06. The molecule has 1 aromatic heterocycles. The van der Waals surface area contributed by atoms with Crippen LogP contribution in [0.5, 0.6) is 0 Å². The van der Waals surface area contributed by atoms with Crippen LogP contribution in [0.1, 0.15) is 22.5 Å². The largest absolute Gasteiger partial charge is 0.389 e. The molecule has 0 aliphatic heterocycles. The topological polar surface area (TPSA) is 87.0 Å². The Labute approximate surface area is 150 Å². The first-order valence-corrected chi connectivity index (χ1v) is 8.06. The highest BCUT2D eigenvalue weighted by Crippen LogP contribution is 2.17. The van der Waals surface area contributed by atoms with Crippen LogP contribution in [0, 0.1) is 10.1 Å². The fourth-order valence-electron chi connectivity index (χ4n) is 2.70. The summed E-state index contributed by atoms with van der Waals surface area (Å²) < 4.78 is 2.00. The minimum Gasteiger partial charge on any atom is -0.389 e. The number of thiocarbonyl (C=S) groups is 1. The molecule has 1 heterocycles. The maximum atomic E-state index is 10.9. The summed E-state index contributed by atoms with van der Waals surface area (Å²) in [6, 6.07) is 14.3. The van der Waals surface area contributed by atoms with Crippen LogP contribution in [-0.2, 0) is 13.0 Å². The van der Waals surface area contributed by atoms with Gasteiger partial charge in [-0.3, -0.25) is 10.1 Å². The number of nitro groups is 1. The van der Waals surface area contributed by atoms with Crippen LogP contribution in [0.3, 0.4) is 0 Å². The Morgan fingerprint density at radius 3 is 2.80 bits per heavy atom. The van der Waals surface area contributed by atoms with Crippen LogP contribution in [0.2, 0.25) is 0 Å². The third-order valence-corrected chi connectivity index (χ3v) is 4.13. The molecule has 0 saturated carbocycles. The molecular formula is C18H16N4O2S. The minimum atomic E-state index is -0.394. The van der Waals surface area contributed by atoms with E-state index in [0.717, 1.165) is 22.5 Å². The van der Waals surface area contributed by atoms with Crippen LogP contribution >= 0.6 is 12.2 Å². The van der Waals surface area contributed by atoms with Gasteiger partial charge in [0, 0.05) is 43.1 Å². The average Bonchev–Trinajstić information content (AvgIpc) is 3.02. The van der Waals surface area contributed by atoms with Crippen LogP contribution < -0.4 is 5.73 Å². The smallest absolute Gasteiger partial charge is 0.269 e. The second-order valence-electron chi connectivity index (χ2n) is 5.60. The van der Waals surface area contributed by atoms with E-state index in [1.807, 2.05) is 41.1 Å². The molecule has 0 atom stereocenters. The molecule has 2 N–H and O–H groups in total. The molecule has 3 aromatic rings. The second kappa shape index (κ2) is 7.23. The molecule has 0 radical (unpaired) electrons. The maximum absolute atomic E-state index is 10.9. The van der Waals surface area contributed by atoms with E-state index in [4.69, 9.17) is 18.0 Å². The monoisotopic (exact) mass is 352 g/mol. The molecule has 0 unspecified atom stereocenters. The van der Waals surface area contributed by atoms with Gasteiger partial charge in [0.05, 0.1) is 4.92 Å². The van der Waals surface area contributed by atoms with E-state index in [0.29, 0.717) is 18.0 Å². The van der Waals surface area contributed by atoms with Crippen molar-refractivity contribution in [3.8, 4) is 0 Å². The Morgan fingerprint density at radius 1 is 1.24 bits per heavy atom. The molecule has 0 aliphatic rings. The lowest BCUT2D eigenvalue weighted by Gasteiger charge is -2.11. The van der Waals surface area contributed by atoms with Crippen molar-refractivity contribution in [1.82, 2.24) is 9.55 Å². The van der Waals surface area contributed by atoms with Crippen molar-refractivity contribution in [2.75, 3.05) is 0 Å². The zero-order chi connectivity index (χ0) is 17.8. The number of rotatable bonds is 6. The molecule has 0 amide bonds. The average molecular weight is 352 g/mol. The van der Waals surface area contributed by atoms with Gasteiger partial charge in [-0.15, -0.1) is 0 Å². The van der Waals surface area contributed by atoms with E-state index in [1.54, 1.807) is 18.3 Å². The molecule has 2 aromatic carbocycles. The van der Waals surface area contributed by atoms with E-state index in [1.165, 1.54) is 6.07 Å². The van der Waals surface area contributed by atoms with Gasteiger partial charge in [-0.2, -0.15) is 0 Å². The third kappa shape index (κ3) is 3.89.